The summed E-state index contributed by atoms with van der Waals surface area (Å²) >= 11 is 0. The van der Waals surface area contributed by atoms with Crippen LogP contribution in [-0.2, 0) is 4.74 Å². The normalized spacial score (nSPS) is 26.1. The molecule has 1 aliphatic carbocycles. The quantitative estimate of drug-likeness (QED) is 0.318. The highest BCUT2D eigenvalue weighted by Crippen LogP contribution is 2.52. The van der Waals surface area contributed by atoms with E-state index in [0.717, 1.165) is 30.4 Å². The van der Waals surface area contributed by atoms with Crippen molar-refractivity contribution < 1.29 is 39.0 Å². The van der Waals surface area contributed by atoms with E-state index >= 15 is 0 Å². The van der Waals surface area contributed by atoms with Gasteiger partial charge in [-0.05, 0) is 81.0 Å². The second kappa shape index (κ2) is 11.4. The van der Waals surface area contributed by atoms with Gasteiger partial charge < -0.3 is 39.0 Å². The average Bonchev–Trinajstić information content (AvgIpc) is 3.47. The van der Waals surface area contributed by atoms with E-state index < -0.39 is 30.1 Å². The fourth-order valence-electron chi connectivity index (χ4n) is 6.72. The van der Waals surface area contributed by atoms with E-state index in [-0.39, 0.29) is 18.5 Å². The number of methoxy groups -OCH3 is 2. The van der Waals surface area contributed by atoms with Crippen LogP contribution in [0.5, 0.6) is 28.7 Å². The van der Waals surface area contributed by atoms with Crippen LogP contribution < -0.4 is 18.9 Å². The van der Waals surface area contributed by atoms with Gasteiger partial charge in [0.2, 0.25) is 0 Å². The highest BCUT2D eigenvalue weighted by Gasteiger charge is 2.47. The third-order valence-electron chi connectivity index (χ3n) is 8.74. The number of ether oxygens (including phenoxy) is 5. The van der Waals surface area contributed by atoms with Gasteiger partial charge in [0.15, 0.2) is 0 Å². The van der Waals surface area contributed by atoms with Gasteiger partial charge in [0.1, 0.15) is 34.9 Å². The van der Waals surface area contributed by atoms with Crippen molar-refractivity contribution >= 4 is 10.8 Å². The first-order chi connectivity index (χ1) is 19.5. The smallest absolute Gasteiger partial charge is 0.133 e. The van der Waals surface area contributed by atoms with Gasteiger partial charge in [-0.1, -0.05) is 0 Å². The Kier molecular flexibility index (Phi) is 7.66. The molecule has 0 aromatic heterocycles. The van der Waals surface area contributed by atoms with Gasteiger partial charge in [-0.25, -0.2) is 0 Å². The van der Waals surface area contributed by atoms with Crippen LogP contribution in [0.3, 0.4) is 0 Å². The number of hydrogen-bond acceptors (Lipinski definition) is 8. The Morgan fingerprint density at radius 3 is 2.52 bits per heavy atom. The molecule has 3 aromatic carbocycles. The Morgan fingerprint density at radius 1 is 0.925 bits per heavy atom. The van der Waals surface area contributed by atoms with Crippen molar-refractivity contribution in [1.82, 2.24) is 0 Å². The SMILES string of the molecule is COCCCC1Oc2c(cc(OC)c3cc(O)ccc23)C(O)C1C1COc2ccc(OC3CCCC3)cc2C1O. The zero-order valence-corrected chi connectivity index (χ0v) is 23.0. The van der Waals surface area contributed by atoms with E-state index in [4.69, 9.17) is 23.7 Å². The van der Waals surface area contributed by atoms with Gasteiger partial charge in [-0.2, -0.15) is 0 Å². The molecule has 3 N–H and O–H groups in total. The third-order valence-corrected chi connectivity index (χ3v) is 8.74. The molecule has 0 spiro atoms. The maximum absolute atomic E-state index is 11.9. The zero-order chi connectivity index (χ0) is 27.8. The monoisotopic (exact) mass is 550 g/mol. The maximum Gasteiger partial charge on any atom is 0.133 e. The predicted molar refractivity (Wildman–Crippen MR) is 149 cm³/mol. The molecule has 8 nitrogen and oxygen atoms in total. The minimum atomic E-state index is -0.939. The second-order valence-electron chi connectivity index (χ2n) is 11.2. The summed E-state index contributed by atoms with van der Waals surface area (Å²) in [5, 5.41) is 35.2. The number of aliphatic hydroxyl groups is 2. The summed E-state index contributed by atoms with van der Waals surface area (Å²) in [5.41, 5.74) is 1.27. The van der Waals surface area contributed by atoms with Crippen molar-refractivity contribution in [2.75, 3.05) is 27.4 Å². The summed E-state index contributed by atoms with van der Waals surface area (Å²) in [5.74, 6) is 1.71. The zero-order valence-electron chi connectivity index (χ0n) is 23.0. The largest absolute Gasteiger partial charge is 0.508 e. The van der Waals surface area contributed by atoms with E-state index in [1.54, 1.807) is 38.5 Å². The number of aliphatic hydroxyl groups excluding tert-OH is 2. The predicted octanol–water partition coefficient (Wildman–Crippen LogP) is 5.45. The van der Waals surface area contributed by atoms with Crippen LogP contribution in [0.25, 0.3) is 10.8 Å². The van der Waals surface area contributed by atoms with Crippen molar-refractivity contribution in [1.29, 1.82) is 0 Å². The Hall–Kier alpha value is -3.20. The summed E-state index contributed by atoms with van der Waals surface area (Å²) in [7, 11) is 3.23. The molecule has 2 aliphatic heterocycles. The van der Waals surface area contributed by atoms with Gasteiger partial charge in [0.05, 0.1) is 32.0 Å². The van der Waals surface area contributed by atoms with Crippen molar-refractivity contribution in [3.05, 3.63) is 53.6 Å². The number of rotatable bonds is 8. The minimum absolute atomic E-state index is 0.119. The van der Waals surface area contributed by atoms with E-state index in [2.05, 4.69) is 0 Å². The van der Waals surface area contributed by atoms with Crippen molar-refractivity contribution in [2.24, 2.45) is 11.8 Å². The van der Waals surface area contributed by atoms with Crippen LogP contribution in [-0.4, -0.2) is 55.0 Å². The lowest BCUT2D eigenvalue weighted by Gasteiger charge is -2.45. The van der Waals surface area contributed by atoms with Crippen molar-refractivity contribution in [3.63, 3.8) is 0 Å². The second-order valence-corrected chi connectivity index (χ2v) is 11.2. The number of benzene rings is 3. The molecule has 0 amide bonds. The molecular weight excluding hydrogens is 512 g/mol. The van der Waals surface area contributed by atoms with Gasteiger partial charge in [-0.3, -0.25) is 0 Å². The molecule has 0 radical (unpaired) electrons. The van der Waals surface area contributed by atoms with E-state index in [0.29, 0.717) is 46.8 Å². The molecule has 2 heterocycles. The molecule has 5 unspecified atom stereocenters. The fourth-order valence-corrected chi connectivity index (χ4v) is 6.72. The Labute approximate surface area is 234 Å². The summed E-state index contributed by atoms with van der Waals surface area (Å²) in [6, 6.07) is 12.5. The molecular formula is C32H38O8. The molecule has 3 aromatic rings. The van der Waals surface area contributed by atoms with Crippen LogP contribution in [0, 0.1) is 11.8 Å². The fraction of sp³-hybridized carbons (Fsp3) is 0.500. The summed E-state index contributed by atoms with van der Waals surface area (Å²) in [6.07, 6.45) is 3.80. The van der Waals surface area contributed by atoms with E-state index in [1.165, 1.54) is 12.8 Å². The van der Waals surface area contributed by atoms with Crippen LogP contribution >= 0.6 is 0 Å². The molecule has 0 bridgehead atoms. The average molecular weight is 551 g/mol. The lowest BCUT2D eigenvalue weighted by molar-refractivity contribution is -0.0882. The van der Waals surface area contributed by atoms with Gasteiger partial charge >= 0.3 is 0 Å². The number of phenols is 1. The van der Waals surface area contributed by atoms with Crippen molar-refractivity contribution in [3.8, 4) is 28.7 Å². The van der Waals surface area contributed by atoms with Crippen LogP contribution in [0.1, 0.15) is 61.9 Å². The topological polar surface area (TPSA) is 107 Å². The Bertz CT molecular complexity index is 1350. The summed E-state index contributed by atoms with van der Waals surface area (Å²) in [6.45, 7) is 0.804. The van der Waals surface area contributed by atoms with Gasteiger partial charge in [-0.15, -0.1) is 0 Å². The standard InChI is InChI=1S/C32H38O8/c1-36-13-5-8-27-29(31(35)24-16-28(37-2)22-14-18(33)9-11-21(22)32(24)40-27)25-17-38-26-12-10-20(15-23(26)30(25)34)39-19-6-3-4-7-19/h9-12,14-16,19,25,27,29-31,33-35H,3-8,13,17H2,1-2H3. The van der Waals surface area contributed by atoms with Gasteiger partial charge in [0, 0.05) is 47.5 Å². The molecule has 40 heavy (non-hydrogen) atoms. The highest BCUT2D eigenvalue weighted by molar-refractivity contribution is 5.95. The highest BCUT2D eigenvalue weighted by atomic mass is 16.5. The Morgan fingerprint density at radius 2 is 1.75 bits per heavy atom. The minimum Gasteiger partial charge on any atom is -0.508 e. The molecule has 214 valence electrons. The number of fused-ring (bicyclic) bond motifs is 4. The molecule has 3 aliphatic rings. The van der Waals surface area contributed by atoms with Crippen LogP contribution in [0.15, 0.2) is 42.5 Å². The van der Waals surface area contributed by atoms with Crippen LogP contribution in [0.2, 0.25) is 0 Å². The molecule has 5 atom stereocenters. The number of phenolic OH excluding ortho intramolecular Hbond substituents is 1. The molecule has 1 fully saturated rings. The maximum atomic E-state index is 11.9. The summed E-state index contributed by atoms with van der Waals surface area (Å²) < 4.78 is 30.0. The number of aromatic hydroxyl groups is 1. The first kappa shape index (κ1) is 27.0. The van der Waals surface area contributed by atoms with E-state index in [9.17, 15) is 15.3 Å². The summed E-state index contributed by atoms with van der Waals surface area (Å²) in [4.78, 5) is 0. The lowest BCUT2D eigenvalue weighted by Crippen LogP contribution is -2.46. The molecule has 0 saturated heterocycles. The first-order valence-corrected chi connectivity index (χ1v) is 14.3. The molecule has 6 rings (SSSR count). The van der Waals surface area contributed by atoms with Crippen LogP contribution in [0.4, 0.5) is 0 Å². The van der Waals surface area contributed by atoms with Gasteiger partial charge in [0.25, 0.3) is 0 Å². The Balaban J connectivity index is 1.36. The third kappa shape index (κ3) is 4.93. The first-order valence-electron chi connectivity index (χ1n) is 14.3. The number of hydrogen-bond donors (Lipinski definition) is 3. The van der Waals surface area contributed by atoms with E-state index in [1.807, 2.05) is 18.2 Å². The molecule has 8 heteroatoms. The molecule has 1 saturated carbocycles. The lowest BCUT2D eigenvalue weighted by atomic mass is 9.72. The van der Waals surface area contributed by atoms with Crippen molar-refractivity contribution in [2.45, 2.75) is 62.9 Å².